The van der Waals surface area contributed by atoms with Crippen molar-refractivity contribution in [2.45, 2.75) is 46.1 Å². The maximum atomic E-state index is 11.9. The van der Waals surface area contributed by atoms with E-state index in [-0.39, 0.29) is 17.9 Å². The fraction of sp³-hybridized carbons (Fsp3) is 0.846. The quantitative estimate of drug-likeness (QED) is 0.819. The maximum Gasteiger partial charge on any atom is 0.410 e. The number of hydrogen-bond acceptors (Lipinski definition) is 3. The predicted octanol–water partition coefficient (Wildman–Crippen LogP) is 1.77. The number of hydrogen-bond donors (Lipinski definition) is 1. The average molecular weight is 256 g/mol. The van der Waals surface area contributed by atoms with Gasteiger partial charge in [0.15, 0.2) is 0 Å². The first-order chi connectivity index (χ1) is 8.33. The zero-order valence-corrected chi connectivity index (χ0v) is 11.8. The molecular weight excluding hydrogens is 232 g/mol. The molecule has 1 rings (SSSR count). The number of carbonyl (C=O) groups is 2. The van der Waals surface area contributed by atoms with E-state index in [0.29, 0.717) is 19.6 Å². The molecule has 0 aromatic carbocycles. The summed E-state index contributed by atoms with van der Waals surface area (Å²) in [4.78, 5) is 25.3. The van der Waals surface area contributed by atoms with Crippen LogP contribution in [0.2, 0.25) is 0 Å². The Balaban J connectivity index is 2.53. The molecule has 0 aromatic rings. The molecule has 0 saturated carbocycles. The molecule has 1 saturated heterocycles. The van der Waals surface area contributed by atoms with Crippen molar-refractivity contribution in [1.82, 2.24) is 10.2 Å². The van der Waals surface area contributed by atoms with E-state index in [1.807, 2.05) is 27.7 Å². The third-order valence-electron chi connectivity index (χ3n) is 2.79. The fourth-order valence-corrected chi connectivity index (χ4v) is 2.00. The van der Waals surface area contributed by atoms with Gasteiger partial charge in [0.05, 0.1) is 5.92 Å². The van der Waals surface area contributed by atoms with Crippen molar-refractivity contribution in [3.63, 3.8) is 0 Å². The maximum absolute atomic E-state index is 11.9. The summed E-state index contributed by atoms with van der Waals surface area (Å²) in [6, 6.07) is 0. The van der Waals surface area contributed by atoms with E-state index >= 15 is 0 Å². The number of ether oxygens (including phenoxy) is 1. The molecule has 1 aliphatic heterocycles. The summed E-state index contributed by atoms with van der Waals surface area (Å²) in [6.45, 7) is 9.18. The lowest BCUT2D eigenvalue weighted by Gasteiger charge is -2.33. The van der Waals surface area contributed by atoms with Crippen LogP contribution in [0.5, 0.6) is 0 Å². The molecule has 18 heavy (non-hydrogen) atoms. The molecule has 0 spiro atoms. The molecule has 0 aliphatic carbocycles. The smallest absolute Gasteiger partial charge is 0.410 e. The van der Waals surface area contributed by atoms with Gasteiger partial charge in [0, 0.05) is 19.6 Å². The topological polar surface area (TPSA) is 58.6 Å². The number of amides is 2. The van der Waals surface area contributed by atoms with Gasteiger partial charge in [0.2, 0.25) is 5.91 Å². The Morgan fingerprint density at radius 3 is 2.61 bits per heavy atom. The van der Waals surface area contributed by atoms with Crippen molar-refractivity contribution in [3.8, 4) is 0 Å². The van der Waals surface area contributed by atoms with Gasteiger partial charge in [0.25, 0.3) is 0 Å². The molecule has 1 atom stereocenters. The number of rotatable bonds is 2. The van der Waals surface area contributed by atoms with E-state index in [9.17, 15) is 9.59 Å². The number of carbonyl (C=O) groups excluding carboxylic acids is 2. The minimum atomic E-state index is -0.490. The number of piperidine rings is 1. The van der Waals surface area contributed by atoms with Crippen LogP contribution in [0.1, 0.15) is 40.5 Å². The van der Waals surface area contributed by atoms with Gasteiger partial charge in [-0.25, -0.2) is 4.79 Å². The minimum Gasteiger partial charge on any atom is -0.444 e. The second-order valence-electron chi connectivity index (χ2n) is 5.66. The van der Waals surface area contributed by atoms with E-state index < -0.39 is 5.60 Å². The lowest BCUT2D eigenvalue weighted by molar-refractivity contribution is -0.126. The molecule has 104 valence electrons. The first kappa shape index (κ1) is 14.8. The van der Waals surface area contributed by atoms with Crippen LogP contribution in [-0.4, -0.2) is 42.1 Å². The molecule has 0 aromatic heterocycles. The van der Waals surface area contributed by atoms with Crippen LogP contribution in [0, 0.1) is 5.92 Å². The highest BCUT2D eigenvalue weighted by Crippen LogP contribution is 2.19. The zero-order chi connectivity index (χ0) is 13.8. The normalized spacial score (nSPS) is 20.4. The lowest BCUT2D eigenvalue weighted by atomic mass is 9.97. The standard InChI is InChI=1S/C13H24N2O3/c1-5-14-11(16)10-7-6-8-15(9-10)12(17)18-13(2,3)4/h10H,5-9H2,1-4H3,(H,14,16)/t10-/m0/s1. The van der Waals surface area contributed by atoms with Crippen molar-refractivity contribution >= 4 is 12.0 Å². The summed E-state index contributed by atoms with van der Waals surface area (Å²) in [7, 11) is 0. The van der Waals surface area contributed by atoms with Crippen LogP contribution < -0.4 is 5.32 Å². The van der Waals surface area contributed by atoms with Crippen molar-refractivity contribution in [3.05, 3.63) is 0 Å². The molecule has 0 radical (unpaired) electrons. The van der Waals surface area contributed by atoms with Crippen LogP contribution in [0.4, 0.5) is 4.79 Å². The summed E-state index contributed by atoms with van der Waals surface area (Å²) >= 11 is 0. The van der Waals surface area contributed by atoms with Crippen LogP contribution in [-0.2, 0) is 9.53 Å². The molecule has 1 heterocycles. The van der Waals surface area contributed by atoms with Gasteiger partial charge in [0.1, 0.15) is 5.60 Å². The largest absolute Gasteiger partial charge is 0.444 e. The molecule has 0 bridgehead atoms. The second kappa shape index (κ2) is 6.07. The van der Waals surface area contributed by atoms with Crippen molar-refractivity contribution in [1.29, 1.82) is 0 Å². The first-order valence-electron chi connectivity index (χ1n) is 6.59. The summed E-state index contributed by atoms with van der Waals surface area (Å²) in [5.74, 6) is -0.0722. The van der Waals surface area contributed by atoms with Gasteiger partial charge in [-0.1, -0.05) is 0 Å². The highest BCUT2D eigenvalue weighted by atomic mass is 16.6. The Morgan fingerprint density at radius 2 is 2.06 bits per heavy atom. The summed E-state index contributed by atoms with van der Waals surface area (Å²) in [5.41, 5.74) is -0.490. The number of nitrogens with zero attached hydrogens (tertiary/aromatic N) is 1. The molecule has 1 N–H and O–H groups in total. The fourth-order valence-electron chi connectivity index (χ4n) is 2.00. The van der Waals surface area contributed by atoms with Crippen LogP contribution >= 0.6 is 0 Å². The molecule has 2 amide bonds. The number of nitrogens with one attached hydrogen (secondary N) is 1. The Morgan fingerprint density at radius 1 is 1.39 bits per heavy atom. The zero-order valence-electron chi connectivity index (χ0n) is 11.8. The molecule has 0 unspecified atom stereocenters. The van der Waals surface area contributed by atoms with E-state index in [4.69, 9.17) is 4.74 Å². The van der Waals surface area contributed by atoms with E-state index in [0.717, 1.165) is 12.8 Å². The third-order valence-corrected chi connectivity index (χ3v) is 2.79. The van der Waals surface area contributed by atoms with Gasteiger partial charge in [-0.2, -0.15) is 0 Å². The van der Waals surface area contributed by atoms with Crippen molar-refractivity contribution in [2.75, 3.05) is 19.6 Å². The molecule has 1 fully saturated rings. The Kier molecular flexibility index (Phi) is 4.99. The predicted molar refractivity (Wildman–Crippen MR) is 69.2 cm³/mol. The summed E-state index contributed by atoms with van der Waals surface area (Å²) in [6.07, 6.45) is 1.36. The minimum absolute atomic E-state index is 0.0331. The van der Waals surface area contributed by atoms with Gasteiger partial charge in [-0.05, 0) is 40.5 Å². The van der Waals surface area contributed by atoms with Crippen LogP contribution in [0.15, 0.2) is 0 Å². The molecule has 1 aliphatic rings. The summed E-state index contributed by atoms with van der Waals surface area (Å²) < 4.78 is 5.32. The Hall–Kier alpha value is -1.26. The summed E-state index contributed by atoms with van der Waals surface area (Å²) in [5, 5.41) is 2.81. The first-order valence-corrected chi connectivity index (χ1v) is 6.59. The molecule has 5 nitrogen and oxygen atoms in total. The van der Waals surface area contributed by atoms with Crippen molar-refractivity contribution in [2.24, 2.45) is 5.92 Å². The Bertz CT molecular complexity index is 310. The van der Waals surface area contributed by atoms with E-state index in [1.54, 1.807) is 4.90 Å². The SMILES string of the molecule is CCNC(=O)[C@H]1CCCN(C(=O)OC(C)(C)C)C1. The highest BCUT2D eigenvalue weighted by molar-refractivity contribution is 5.79. The van der Waals surface area contributed by atoms with Gasteiger partial charge < -0.3 is 15.0 Å². The van der Waals surface area contributed by atoms with Crippen molar-refractivity contribution < 1.29 is 14.3 Å². The van der Waals surface area contributed by atoms with Gasteiger partial charge in [-0.15, -0.1) is 0 Å². The monoisotopic (exact) mass is 256 g/mol. The van der Waals surface area contributed by atoms with Gasteiger partial charge in [-0.3, -0.25) is 4.79 Å². The van der Waals surface area contributed by atoms with E-state index in [1.165, 1.54) is 0 Å². The average Bonchev–Trinajstić information content (AvgIpc) is 2.27. The highest BCUT2D eigenvalue weighted by Gasteiger charge is 2.30. The van der Waals surface area contributed by atoms with Crippen LogP contribution in [0.3, 0.4) is 0 Å². The molecule has 5 heteroatoms. The Labute approximate surface area is 109 Å². The number of likely N-dealkylation sites (tertiary alicyclic amines) is 1. The van der Waals surface area contributed by atoms with E-state index in [2.05, 4.69) is 5.32 Å². The second-order valence-corrected chi connectivity index (χ2v) is 5.66. The van der Waals surface area contributed by atoms with Crippen LogP contribution in [0.25, 0.3) is 0 Å². The lowest BCUT2D eigenvalue weighted by Crippen LogP contribution is -2.47. The molecular formula is C13H24N2O3. The van der Waals surface area contributed by atoms with Gasteiger partial charge >= 0.3 is 6.09 Å². The third kappa shape index (κ3) is 4.55.